The van der Waals surface area contributed by atoms with Crippen molar-refractivity contribution < 1.29 is 4.79 Å². The van der Waals surface area contributed by atoms with Crippen molar-refractivity contribution in [2.45, 2.75) is 19.4 Å². The zero-order valence-corrected chi connectivity index (χ0v) is 11.6. The maximum atomic E-state index is 11.8. The molecule has 1 atom stereocenters. The van der Waals surface area contributed by atoms with E-state index in [1.54, 1.807) is 11.7 Å². The molecule has 0 fully saturated rings. The number of aryl methyl sites for hydroxylation is 1. The van der Waals surface area contributed by atoms with Gasteiger partial charge in [-0.25, -0.2) is 4.98 Å². The molecule has 2 aromatic heterocycles. The van der Waals surface area contributed by atoms with Crippen LogP contribution in [-0.2, 0) is 13.5 Å². The van der Waals surface area contributed by atoms with Gasteiger partial charge in [0.05, 0.1) is 6.04 Å². The number of aromatic nitrogens is 4. The Bertz CT molecular complexity index is 561. The summed E-state index contributed by atoms with van der Waals surface area (Å²) in [6, 6.07) is -0.148. The predicted molar refractivity (Wildman–Crippen MR) is 71.8 cm³/mol. The largest absolute Gasteiger partial charge is 0.350 e. The quantitative estimate of drug-likeness (QED) is 0.818. The monoisotopic (exact) mass is 280 g/mol. The molecule has 0 saturated carbocycles. The first-order valence-electron chi connectivity index (χ1n) is 5.90. The van der Waals surface area contributed by atoms with E-state index in [0.29, 0.717) is 18.7 Å². The average Bonchev–Trinajstić information content (AvgIpc) is 2.98. The third-order valence-electron chi connectivity index (χ3n) is 2.58. The summed E-state index contributed by atoms with van der Waals surface area (Å²) in [7, 11) is 1.87. The minimum Gasteiger partial charge on any atom is -0.350 e. The van der Waals surface area contributed by atoms with Gasteiger partial charge in [-0.15, -0.1) is 21.5 Å². The number of thiazole rings is 1. The van der Waals surface area contributed by atoms with Crippen LogP contribution in [0.25, 0.3) is 0 Å². The van der Waals surface area contributed by atoms with E-state index in [9.17, 15) is 4.79 Å². The highest BCUT2D eigenvalue weighted by Crippen LogP contribution is 2.15. The van der Waals surface area contributed by atoms with Crippen molar-refractivity contribution in [1.29, 1.82) is 0 Å². The zero-order chi connectivity index (χ0) is 13.8. The Kier molecular flexibility index (Phi) is 4.23. The SMILES string of the molecule is CC(N)c1nc(C(=O)NCCc2nncn2C)cs1. The van der Waals surface area contributed by atoms with Crippen molar-refractivity contribution >= 4 is 17.2 Å². The van der Waals surface area contributed by atoms with E-state index in [-0.39, 0.29) is 11.9 Å². The molecule has 2 rings (SSSR count). The first-order valence-corrected chi connectivity index (χ1v) is 6.78. The summed E-state index contributed by atoms with van der Waals surface area (Å²) in [5.74, 6) is 0.639. The number of hydrogen-bond donors (Lipinski definition) is 2. The van der Waals surface area contributed by atoms with Crippen molar-refractivity contribution in [1.82, 2.24) is 25.1 Å². The highest BCUT2D eigenvalue weighted by atomic mass is 32.1. The molecule has 19 heavy (non-hydrogen) atoms. The number of carbonyl (C=O) groups excluding carboxylic acids is 1. The smallest absolute Gasteiger partial charge is 0.270 e. The van der Waals surface area contributed by atoms with E-state index in [1.165, 1.54) is 11.3 Å². The van der Waals surface area contributed by atoms with Gasteiger partial charge in [-0.1, -0.05) is 0 Å². The third kappa shape index (κ3) is 3.36. The lowest BCUT2D eigenvalue weighted by Crippen LogP contribution is -2.26. The summed E-state index contributed by atoms with van der Waals surface area (Å²) in [6.45, 7) is 2.34. The van der Waals surface area contributed by atoms with Gasteiger partial charge in [-0.3, -0.25) is 4.79 Å². The number of amides is 1. The van der Waals surface area contributed by atoms with Gasteiger partial charge in [-0.05, 0) is 6.92 Å². The molecule has 3 N–H and O–H groups in total. The molecule has 2 heterocycles. The van der Waals surface area contributed by atoms with E-state index in [4.69, 9.17) is 5.73 Å². The summed E-state index contributed by atoms with van der Waals surface area (Å²) in [5, 5.41) is 13.0. The highest BCUT2D eigenvalue weighted by molar-refractivity contribution is 7.09. The summed E-state index contributed by atoms with van der Waals surface area (Å²) in [4.78, 5) is 16.0. The first kappa shape index (κ1) is 13.6. The van der Waals surface area contributed by atoms with Gasteiger partial charge in [0.15, 0.2) is 0 Å². The maximum Gasteiger partial charge on any atom is 0.270 e. The fourth-order valence-corrected chi connectivity index (χ4v) is 2.27. The number of nitrogens with two attached hydrogens (primary N) is 1. The fraction of sp³-hybridized carbons (Fsp3) is 0.455. The minimum absolute atomic E-state index is 0.148. The maximum absolute atomic E-state index is 11.8. The van der Waals surface area contributed by atoms with Crippen molar-refractivity contribution in [3.63, 3.8) is 0 Å². The standard InChI is InChI=1S/C11H16N6OS/c1-7(12)11-15-8(5-19-11)10(18)13-4-3-9-16-14-6-17(9)2/h5-7H,3-4,12H2,1-2H3,(H,13,18). The van der Waals surface area contributed by atoms with Crippen LogP contribution in [0.5, 0.6) is 0 Å². The van der Waals surface area contributed by atoms with Gasteiger partial charge >= 0.3 is 0 Å². The molecule has 0 aliphatic heterocycles. The Morgan fingerprint density at radius 3 is 3.00 bits per heavy atom. The molecule has 7 nitrogen and oxygen atoms in total. The Labute approximate surface area is 114 Å². The van der Waals surface area contributed by atoms with E-state index >= 15 is 0 Å². The molecule has 0 aliphatic carbocycles. The van der Waals surface area contributed by atoms with Gasteiger partial charge in [0.1, 0.15) is 22.9 Å². The molecule has 0 radical (unpaired) electrons. The lowest BCUT2D eigenvalue weighted by molar-refractivity contribution is 0.0949. The Morgan fingerprint density at radius 2 is 2.42 bits per heavy atom. The topological polar surface area (TPSA) is 98.7 Å². The molecule has 1 unspecified atom stereocenters. The van der Waals surface area contributed by atoms with Crippen LogP contribution in [0.1, 0.15) is 34.3 Å². The van der Waals surface area contributed by atoms with Crippen LogP contribution in [0, 0.1) is 0 Å². The van der Waals surface area contributed by atoms with E-state index in [0.717, 1.165) is 10.8 Å². The fourth-order valence-electron chi connectivity index (χ4n) is 1.51. The Balaban J connectivity index is 1.85. The summed E-state index contributed by atoms with van der Waals surface area (Å²) in [5.41, 5.74) is 6.12. The molecule has 0 bridgehead atoms. The van der Waals surface area contributed by atoms with Gasteiger partial charge in [0.25, 0.3) is 5.91 Å². The molecule has 102 valence electrons. The number of nitrogens with one attached hydrogen (secondary N) is 1. The second kappa shape index (κ2) is 5.89. The van der Waals surface area contributed by atoms with Crippen LogP contribution in [0.4, 0.5) is 0 Å². The number of rotatable bonds is 5. The third-order valence-corrected chi connectivity index (χ3v) is 3.63. The van der Waals surface area contributed by atoms with Crippen LogP contribution < -0.4 is 11.1 Å². The van der Waals surface area contributed by atoms with Gasteiger partial charge in [0, 0.05) is 25.4 Å². The molecule has 0 saturated heterocycles. The molecule has 1 amide bonds. The molecule has 0 spiro atoms. The molecule has 0 aliphatic rings. The lowest BCUT2D eigenvalue weighted by atomic mass is 10.3. The van der Waals surface area contributed by atoms with E-state index in [2.05, 4.69) is 20.5 Å². The molecule has 8 heteroatoms. The minimum atomic E-state index is -0.190. The summed E-state index contributed by atoms with van der Waals surface area (Å²) >= 11 is 1.40. The second-order valence-electron chi connectivity index (χ2n) is 4.22. The summed E-state index contributed by atoms with van der Waals surface area (Å²) in [6.07, 6.45) is 2.26. The number of hydrogen-bond acceptors (Lipinski definition) is 6. The van der Waals surface area contributed by atoms with Crippen LogP contribution in [0.2, 0.25) is 0 Å². The Morgan fingerprint density at radius 1 is 1.63 bits per heavy atom. The second-order valence-corrected chi connectivity index (χ2v) is 5.11. The average molecular weight is 280 g/mol. The molecular weight excluding hydrogens is 264 g/mol. The van der Waals surface area contributed by atoms with Crippen LogP contribution in [-0.4, -0.2) is 32.2 Å². The van der Waals surface area contributed by atoms with Crippen molar-refractivity contribution in [3.05, 3.63) is 28.2 Å². The highest BCUT2D eigenvalue weighted by Gasteiger charge is 2.12. The van der Waals surface area contributed by atoms with Gasteiger partial charge in [0.2, 0.25) is 0 Å². The Hall–Kier alpha value is -1.80. The molecule has 0 aromatic carbocycles. The van der Waals surface area contributed by atoms with Crippen LogP contribution >= 0.6 is 11.3 Å². The molecule has 2 aromatic rings. The lowest BCUT2D eigenvalue weighted by Gasteiger charge is -2.03. The van der Waals surface area contributed by atoms with E-state index < -0.39 is 0 Å². The summed E-state index contributed by atoms with van der Waals surface area (Å²) < 4.78 is 1.82. The zero-order valence-electron chi connectivity index (χ0n) is 10.8. The van der Waals surface area contributed by atoms with E-state index in [1.807, 2.05) is 18.5 Å². The number of carbonyl (C=O) groups is 1. The van der Waals surface area contributed by atoms with Crippen molar-refractivity contribution in [2.24, 2.45) is 12.8 Å². The predicted octanol–water partition coefficient (Wildman–Crippen LogP) is 0.264. The van der Waals surface area contributed by atoms with Crippen molar-refractivity contribution in [2.75, 3.05) is 6.54 Å². The van der Waals surface area contributed by atoms with Crippen LogP contribution in [0.3, 0.4) is 0 Å². The normalized spacial score (nSPS) is 12.4. The van der Waals surface area contributed by atoms with Gasteiger partial charge in [-0.2, -0.15) is 0 Å². The van der Waals surface area contributed by atoms with Crippen molar-refractivity contribution in [3.8, 4) is 0 Å². The van der Waals surface area contributed by atoms with Gasteiger partial charge < -0.3 is 15.6 Å². The first-order chi connectivity index (χ1) is 9.08. The van der Waals surface area contributed by atoms with Crippen LogP contribution in [0.15, 0.2) is 11.7 Å². The molecular formula is C11H16N6OS. The number of nitrogens with zero attached hydrogens (tertiary/aromatic N) is 4.